The van der Waals surface area contributed by atoms with Gasteiger partial charge in [0.1, 0.15) is 0 Å². The molecule has 35 heavy (non-hydrogen) atoms. The first-order valence-electron chi connectivity index (χ1n) is 15.0. The number of ether oxygens (including phenoxy) is 1. The lowest BCUT2D eigenvalue weighted by Crippen LogP contribution is -2.37. The quantitative estimate of drug-likeness (QED) is 0.118. The van der Waals surface area contributed by atoms with Crippen molar-refractivity contribution in [2.75, 3.05) is 46.0 Å². The van der Waals surface area contributed by atoms with Gasteiger partial charge in [0.25, 0.3) is 0 Å². The van der Waals surface area contributed by atoms with E-state index in [-0.39, 0.29) is 12.5 Å². The minimum atomic E-state index is -0.721. The number of hydrogen-bond donors (Lipinski definition) is 3. The van der Waals surface area contributed by atoms with Crippen molar-refractivity contribution in [2.24, 2.45) is 0 Å². The van der Waals surface area contributed by atoms with Gasteiger partial charge in [0.15, 0.2) is 0 Å². The monoisotopic (exact) mass is 500 g/mol. The second-order valence-electron chi connectivity index (χ2n) is 10.2. The lowest BCUT2D eigenvalue weighted by atomic mass is 10.0. The van der Waals surface area contributed by atoms with E-state index in [1.165, 1.54) is 70.6 Å². The molecule has 0 fully saturated rings. The number of nitrogens with zero attached hydrogens (tertiary/aromatic N) is 1. The van der Waals surface area contributed by atoms with E-state index in [9.17, 15) is 9.90 Å². The van der Waals surface area contributed by atoms with Gasteiger partial charge < -0.3 is 25.2 Å². The van der Waals surface area contributed by atoms with Gasteiger partial charge in [-0.15, -0.1) is 0 Å². The van der Waals surface area contributed by atoms with E-state index in [4.69, 9.17) is 9.84 Å². The fraction of sp³-hybridized carbons (Fsp3) is 0.966. The third-order valence-corrected chi connectivity index (χ3v) is 6.57. The molecule has 0 aromatic rings. The van der Waals surface area contributed by atoms with Crippen molar-refractivity contribution < 1.29 is 19.7 Å². The summed E-state index contributed by atoms with van der Waals surface area (Å²) in [7, 11) is 0. The first-order valence-corrected chi connectivity index (χ1v) is 15.0. The van der Waals surface area contributed by atoms with E-state index in [1.54, 1.807) is 0 Å². The van der Waals surface area contributed by atoms with E-state index < -0.39 is 6.10 Å². The highest BCUT2D eigenvalue weighted by atomic mass is 16.5. The third-order valence-electron chi connectivity index (χ3n) is 6.57. The molecule has 1 amide bonds. The summed E-state index contributed by atoms with van der Waals surface area (Å²) in [6.45, 7) is 8.47. The maximum Gasteiger partial charge on any atom is 0.219 e. The number of rotatable bonds is 28. The van der Waals surface area contributed by atoms with E-state index in [0.717, 1.165) is 64.8 Å². The molecule has 6 heteroatoms. The van der Waals surface area contributed by atoms with E-state index in [2.05, 4.69) is 24.1 Å². The topological polar surface area (TPSA) is 82.0 Å². The summed E-state index contributed by atoms with van der Waals surface area (Å²) in [5, 5.41) is 22.0. The molecule has 6 nitrogen and oxygen atoms in total. The molecule has 0 aliphatic heterocycles. The van der Waals surface area contributed by atoms with Crippen molar-refractivity contribution >= 4 is 5.91 Å². The number of nitrogens with one attached hydrogen (secondary N) is 1. The first-order chi connectivity index (χ1) is 17.1. The summed E-state index contributed by atoms with van der Waals surface area (Å²) in [6.07, 6.45) is 21.0. The molecule has 0 aliphatic rings. The van der Waals surface area contributed by atoms with Crippen molar-refractivity contribution in [3.05, 3.63) is 0 Å². The Bertz CT molecular complexity index is 437. The fourth-order valence-corrected chi connectivity index (χ4v) is 4.31. The van der Waals surface area contributed by atoms with Gasteiger partial charge in [-0.3, -0.25) is 4.79 Å². The molecule has 0 aromatic heterocycles. The second kappa shape index (κ2) is 27.9. The Kier molecular flexibility index (Phi) is 27.3. The Morgan fingerprint density at radius 3 is 1.83 bits per heavy atom. The van der Waals surface area contributed by atoms with Crippen LogP contribution in [0.5, 0.6) is 0 Å². The Labute approximate surface area is 217 Å². The Morgan fingerprint density at radius 2 is 1.26 bits per heavy atom. The number of carbonyl (C=O) groups excluding carboxylic acids is 1. The van der Waals surface area contributed by atoms with Crippen LogP contribution in [0.2, 0.25) is 0 Å². The molecule has 0 rings (SSSR count). The maximum absolute atomic E-state index is 12.1. The average molecular weight is 501 g/mol. The molecule has 0 saturated carbocycles. The molecule has 210 valence electrons. The molecule has 3 N–H and O–H groups in total. The molecule has 0 saturated heterocycles. The number of unbranched alkanes of at least 4 members (excludes halogenated alkanes) is 13. The van der Waals surface area contributed by atoms with Crippen LogP contribution < -0.4 is 5.32 Å². The Balaban J connectivity index is 3.64. The molecular formula is C29H60N2O4. The van der Waals surface area contributed by atoms with Crippen LogP contribution in [-0.4, -0.2) is 73.1 Å². The predicted octanol–water partition coefficient (Wildman–Crippen LogP) is 5.84. The van der Waals surface area contributed by atoms with Gasteiger partial charge in [0, 0.05) is 39.3 Å². The summed E-state index contributed by atoms with van der Waals surface area (Å²) in [4.78, 5) is 14.3. The summed E-state index contributed by atoms with van der Waals surface area (Å²) >= 11 is 0. The summed E-state index contributed by atoms with van der Waals surface area (Å²) in [5.41, 5.74) is 0. The molecule has 1 unspecified atom stereocenters. The number of hydrogen-bond acceptors (Lipinski definition) is 5. The highest BCUT2D eigenvalue weighted by molar-refractivity contribution is 5.75. The number of aliphatic hydroxyl groups is 2. The number of aliphatic hydroxyl groups excluding tert-OH is 2. The van der Waals surface area contributed by atoms with Crippen molar-refractivity contribution in [3.8, 4) is 0 Å². The predicted molar refractivity (Wildman–Crippen MR) is 148 cm³/mol. The smallest absolute Gasteiger partial charge is 0.219 e. The van der Waals surface area contributed by atoms with Gasteiger partial charge >= 0.3 is 0 Å². The zero-order valence-electron chi connectivity index (χ0n) is 23.4. The SMILES string of the molecule is CCCCCCCCCCCCCCCC(=O)NCCCN(CCCOCCCC)CC(O)CO. The zero-order chi connectivity index (χ0) is 25.8. The molecule has 0 bridgehead atoms. The summed E-state index contributed by atoms with van der Waals surface area (Å²) in [6, 6.07) is 0. The molecule has 0 heterocycles. The molecule has 0 aliphatic carbocycles. The van der Waals surface area contributed by atoms with Crippen molar-refractivity contribution in [1.82, 2.24) is 10.2 Å². The van der Waals surface area contributed by atoms with E-state index in [0.29, 0.717) is 19.5 Å². The minimum absolute atomic E-state index is 0.152. The van der Waals surface area contributed by atoms with Crippen LogP contribution in [0.3, 0.4) is 0 Å². The first kappa shape index (κ1) is 34.3. The van der Waals surface area contributed by atoms with Gasteiger partial charge in [0.05, 0.1) is 12.7 Å². The molecule has 1 atom stereocenters. The fourth-order valence-electron chi connectivity index (χ4n) is 4.31. The standard InChI is InChI=1S/C29H60N2O4/c1-3-5-7-8-9-10-11-12-13-14-15-16-17-20-29(34)30-21-18-22-31(26-28(33)27-32)23-19-25-35-24-6-4-2/h28,32-33H,3-27H2,1-2H3,(H,30,34). The van der Waals surface area contributed by atoms with Crippen molar-refractivity contribution in [3.63, 3.8) is 0 Å². The molecular weight excluding hydrogens is 440 g/mol. The highest BCUT2D eigenvalue weighted by Crippen LogP contribution is 2.13. The highest BCUT2D eigenvalue weighted by Gasteiger charge is 2.11. The van der Waals surface area contributed by atoms with Gasteiger partial charge in [-0.25, -0.2) is 0 Å². The van der Waals surface area contributed by atoms with Crippen molar-refractivity contribution in [1.29, 1.82) is 0 Å². The maximum atomic E-state index is 12.1. The van der Waals surface area contributed by atoms with Gasteiger partial charge in [-0.05, 0) is 32.2 Å². The van der Waals surface area contributed by atoms with Crippen LogP contribution in [0.1, 0.15) is 129 Å². The van der Waals surface area contributed by atoms with E-state index in [1.807, 2.05) is 0 Å². The average Bonchev–Trinajstić information content (AvgIpc) is 2.86. The lowest BCUT2D eigenvalue weighted by molar-refractivity contribution is -0.121. The van der Waals surface area contributed by atoms with Crippen LogP contribution >= 0.6 is 0 Å². The summed E-state index contributed by atoms with van der Waals surface area (Å²) < 4.78 is 5.62. The van der Waals surface area contributed by atoms with Gasteiger partial charge in [-0.2, -0.15) is 0 Å². The zero-order valence-corrected chi connectivity index (χ0v) is 23.4. The largest absolute Gasteiger partial charge is 0.394 e. The molecule has 0 spiro atoms. The normalized spacial score (nSPS) is 12.4. The van der Waals surface area contributed by atoms with Crippen LogP contribution in [-0.2, 0) is 9.53 Å². The van der Waals surface area contributed by atoms with Crippen LogP contribution in [0.4, 0.5) is 0 Å². The van der Waals surface area contributed by atoms with Gasteiger partial charge in [-0.1, -0.05) is 97.3 Å². The van der Waals surface area contributed by atoms with Gasteiger partial charge in [0.2, 0.25) is 5.91 Å². The minimum Gasteiger partial charge on any atom is -0.394 e. The number of amides is 1. The molecule has 0 radical (unpaired) electrons. The van der Waals surface area contributed by atoms with Crippen LogP contribution in [0.25, 0.3) is 0 Å². The lowest BCUT2D eigenvalue weighted by Gasteiger charge is -2.24. The second-order valence-corrected chi connectivity index (χ2v) is 10.2. The Hall–Kier alpha value is -0.690. The van der Waals surface area contributed by atoms with Crippen LogP contribution in [0, 0.1) is 0 Å². The van der Waals surface area contributed by atoms with Crippen molar-refractivity contribution in [2.45, 2.75) is 136 Å². The Morgan fingerprint density at radius 1 is 0.743 bits per heavy atom. The van der Waals surface area contributed by atoms with Crippen LogP contribution in [0.15, 0.2) is 0 Å². The van der Waals surface area contributed by atoms with E-state index >= 15 is 0 Å². The summed E-state index contributed by atoms with van der Waals surface area (Å²) in [5.74, 6) is 0.152. The third kappa shape index (κ3) is 26.2. The number of carbonyl (C=O) groups is 1. The molecule has 0 aromatic carbocycles.